The maximum absolute atomic E-state index is 4.51. The summed E-state index contributed by atoms with van der Waals surface area (Å²) in [5.74, 6) is 0. The smallest absolute Gasteiger partial charge is 0.113 e. The topological polar surface area (TPSA) is 31.2 Å². The quantitative estimate of drug-likeness (QED) is 0.569. The molecule has 0 heterocycles. The van der Waals surface area contributed by atoms with Gasteiger partial charge in [-0.25, -0.2) is 9.98 Å². The Morgan fingerprint density at radius 3 is 1.21 bits per heavy atom. The minimum atomic E-state index is 0.216. The van der Waals surface area contributed by atoms with Crippen LogP contribution in [0.4, 0.5) is 0 Å². The van der Waals surface area contributed by atoms with E-state index in [1.54, 1.807) is 0 Å². The lowest BCUT2D eigenvalue weighted by Crippen LogP contribution is -2.34. The SMILES string of the molecule is CCC(N=C=NC(CC)N(CC)CC)N(CC)CC. The van der Waals surface area contributed by atoms with E-state index < -0.39 is 0 Å². The standard InChI is InChI=1S/C15H32N4/c1-7-14(18(9-3)10-4)16-13-17-15(8-2)19(11-5)12-6/h14-15H,7-12H2,1-6H3. The molecule has 2 unspecified atom stereocenters. The fraction of sp³-hybridized carbons (Fsp3) is 0.933. The molecule has 0 spiro atoms. The molecule has 0 fully saturated rings. The van der Waals surface area contributed by atoms with E-state index in [1.807, 2.05) is 0 Å². The zero-order valence-electron chi connectivity index (χ0n) is 13.7. The summed E-state index contributed by atoms with van der Waals surface area (Å²) in [7, 11) is 0. The third-order valence-electron chi connectivity index (χ3n) is 3.61. The van der Waals surface area contributed by atoms with Crippen LogP contribution in [0.5, 0.6) is 0 Å². The Bertz CT molecular complexity index is 239. The summed E-state index contributed by atoms with van der Waals surface area (Å²) in [5.41, 5.74) is 0. The van der Waals surface area contributed by atoms with Crippen molar-refractivity contribution < 1.29 is 0 Å². The van der Waals surface area contributed by atoms with Crippen molar-refractivity contribution in [2.75, 3.05) is 26.2 Å². The summed E-state index contributed by atoms with van der Waals surface area (Å²) in [5, 5.41) is 0. The summed E-state index contributed by atoms with van der Waals surface area (Å²) in [6.07, 6.45) is 2.44. The highest BCUT2D eigenvalue weighted by atomic mass is 15.3. The number of rotatable bonds is 10. The highest BCUT2D eigenvalue weighted by Crippen LogP contribution is 2.06. The van der Waals surface area contributed by atoms with Crippen LogP contribution >= 0.6 is 0 Å². The minimum Gasteiger partial charge on any atom is -0.282 e. The summed E-state index contributed by atoms with van der Waals surface area (Å²) in [4.78, 5) is 13.7. The summed E-state index contributed by atoms with van der Waals surface area (Å²) >= 11 is 0. The Hall–Kier alpha value is -0.700. The molecule has 0 aromatic rings. The van der Waals surface area contributed by atoms with Gasteiger partial charge in [-0.3, -0.25) is 9.80 Å². The van der Waals surface area contributed by atoms with Crippen LogP contribution in [0.2, 0.25) is 0 Å². The van der Waals surface area contributed by atoms with Gasteiger partial charge in [0.05, 0.1) is 6.01 Å². The van der Waals surface area contributed by atoms with Crippen molar-refractivity contribution in [2.24, 2.45) is 9.98 Å². The van der Waals surface area contributed by atoms with Crippen molar-refractivity contribution in [1.29, 1.82) is 0 Å². The summed E-state index contributed by atoms with van der Waals surface area (Å²) < 4.78 is 0. The van der Waals surface area contributed by atoms with Gasteiger partial charge in [-0.05, 0) is 39.0 Å². The molecule has 0 N–H and O–H groups in total. The van der Waals surface area contributed by atoms with Crippen LogP contribution in [-0.4, -0.2) is 54.3 Å². The predicted molar refractivity (Wildman–Crippen MR) is 83.9 cm³/mol. The first-order valence-electron chi connectivity index (χ1n) is 7.80. The van der Waals surface area contributed by atoms with Gasteiger partial charge in [-0.1, -0.05) is 41.5 Å². The van der Waals surface area contributed by atoms with E-state index in [1.165, 1.54) is 0 Å². The maximum Gasteiger partial charge on any atom is 0.113 e. The van der Waals surface area contributed by atoms with Crippen LogP contribution in [0, 0.1) is 0 Å². The average Bonchev–Trinajstić information content (AvgIpc) is 2.45. The van der Waals surface area contributed by atoms with Crippen LogP contribution in [0.25, 0.3) is 0 Å². The number of hydrogen-bond acceptors (Lipinski definition) is 4. The highest BCUT2D eigenvalue weighted by Gasteiger charge is 2.12. The molecule has 0 aliphatic heterocycles. The first kappa shape index (κ1) is 18.3. The van der Waals surface area contributed by atoms with Gasteiger partial charge in [0.2, 0.25) is 0 Å². The fourth-order valence-electron chi connectivity index (χ4n) is 2.32. The van der Waals surface area contributed by atoms with Crippen LogP contribution < -0.4 is 0 Å². The van der Waals surface area contributed by atoms with Crippen molar-refractivity contribution >= 4 is 6.01 Å². The van der Waals surface area contributed by atoms with Crippen LogP contribution in [-0.2, 0) is 0 Å². The Morgan fingerprint density at radius 2 is 1.00 bits per heavy atom. The van der Waals surface area contributed by atoms with Gasteiger partial charge >= 0.3 is 0 Å². The third-order valence-corrected chi connectivity index (χ3v) is 3.61. The first-order chi connectivity index (χ1) is 9.18. The van der Waals surface area contributed by atoms with E-state index in [4.69, 9.17) is 0 Å². The Balaban J connectivity index is 4.75. The molecule has 4 nitrogen and oxygen atoms in total. The largest absolute Gasteiger partial charge is 0.282 e. The maximum atomic E-state index is 4.51. The van der Waals surface area contributed by atoms with E-state index in [-0.39, 0.29) is 12.3 Å². The molecule has 112 valence electrons. The van der Waals surface area contributed by atoms with Gasteiger partial charge in [-0.15, -0.1) is 0 Å². The molecule has 2 atom stereocenters. The number of hydrogen-bond donors (Lipinski definition) is 0. The zero-order chi connectivity index (χ0) is 14.7. The molecule has 0 saturated heterocycles. The lowest BCUT2D eigenvalue weighted by Gasteiger charge is -2.25. The summed E-state index contributed by atoms with van der Waals surface area (Å²) in [6, 6.07) is 2.95. The van der Waals surface area contributed by atoms with Gasteiger partial charge < -0.3 is 0 Å². The molecule has 0 saturated carbocycles. The molecule has 19 heavy (non-hydrogen) atoms. The molecule has 4 heteroatoms. The Morgan fingerprint density at radius 1 is 0.684 bits per heavy atom. The minimum absolute atomic E-state index is 0.216. The van der Waals surface area contributed by atoms with Gasteiger partial charge in [-0.2, -0.15) is 0 Å². The second-order valence-electron chi connectivity index (χ2n) is 4.58. The van der Waals surface area contributed by atoms with E-state index in [9.17, 15) is 0 Å². The van der Waals surface area contributed by atoms with Crippen LogP contribution in [0.3, 0.4) is 0 Å². The fourth-order valence-corrected chi connectivity index (χ4v) is 2.32. The Labute approximate surface area is 119 Å². The molecule has 0 amide bonds. The zero-order valence-corrected chi connectivity index (χ0v) is 13.7. The Kier molecular flexibility index (Phi) is 10.7. The molecule has 0 bridgehead atoms. The van der Waals surface area contributed by atoms with Crippen molar-refractivity contribution in [1.82, 2.24) is 9.80 Å². The normalized spacial score (nSPS) is 14.3. The van der Waals surface area contributed by atoms with Crippen LogP contribution in [0.1, 0.15) is 54.4 Å². The summed E-state index contributed by atoms with van der Waals surface area (Å²) in [6.45, 7) is 17.1. The van der Waals surface area contributed by atoms with Gasteiger partial charge in [0.15, 0.2) is 0 Å². The molecule has 0 aromatic heterocycles. The van der Waals surface area contributed by atoms with Gasteiger partial charge in [0, 0.05) is 0 Å². The first-order valence-corrected chi connectivity index (χ1v) is 7.80. The van der Waals surface area contributed by atoms with E-state index in [0.717, 1.165) is 39.0 Å². The second-order valence-corrected chi connectivity index (χ2v) is 4.58. The number of aliphatic imine (C=N–C) groups is 2. The third kappa shape index (κ3) is 6.33. The van der Waals surface area contributed by atoms with Gasteiger partial charge in [0.25, 0.3) is 0 Å². The molecular weight excluding hydrogens is 236 g/mol. The lowest BCUT2D eigenvalue weighted by atomic mass is 10.3. The predicted octanol–water partition coefficient (Wildman–Crippen LogP) is 3.32. The molecule has 0 aromatic carbocycles. The van der Waals surface area contributed by atoms with Crippen molar-refractivity contribution in [3.63, 3.8) is 0 Å². The van der Waals surface area contributed by atoms with Gasteiger partial charge in [0.1, 0.15) is 12.3 Å². The molecule has 0 aliphatic carbocycles. The van der Waals surface area contributed by atoms with Crippen LogP contribution in [0.15, 0.2) is 9.98 Å². The molecule has 0 radical (unpaired) electrons. The molecular formula is C15H32N4. The average molecular weight is 268 g/mol. The van der Waals surface area contributed by atoms with Crippen molar-refractivity contribution in [2.45, 2.75) is 66.7 Å². The van der Waals surface area contributed by atoms with E-state index in [2.05, 4.69) is 67.3 Å². The monoisotopic (exact) mass is 268 g/mol. The van der Waals surface area contributed by atoms with E-state index >= 15 is 0 Å². The van der Waals surface area contributed by atoms with Crippen molar-refractivity contribution in [3.8, 4) is 0 Å². The van der Waals surface area contributed by atoms with E-state index in [0.29, 0.717) is 0 Å². The number of nitrogens with zero attached hydrogens (tertiary/aromatic N) is 4. The molecule has 0 rings (SSSR count). The van der Waals surface area contributed by atoms with Crippen molar-refractivity contribution in [3.05, 3.63) is 0 Å². The second kappa shape index (κ2) is 11.2. The highest BCUT2D eigenvalue weighted by molar-refractivity contribution is 5.41. The lowest BCUT2D eigenvalue weighted by molar-refractivity contribution is 0.214. The molecule has 0 aliphatic rings.